The molecular weight excluding hydrogens is 278 g/mol. The zero-order valence-corrected chi connectivity index (χ0v) is 13.8. The van der Waals surface area contributed by atoms with Crippen LogP contribution in [0.2, 0.25) is 0 Å². The molecule has 0 spiro atoms. The van der Waals surface area contributed by atoms with E-state index >= 15 is 0 Å². The molecule has 0 saturated heterocycles. The summed E-state index contributed by atoms with van der Waals surface area (Å²) in [6.07, 6.45) is 7.58. The highest BCUT2D eigenvalue weighted by molar-refractivity contribution is 5.88. The van der Waals surface area contributed by atoms with Crippen LogP contribution in [0.1, 0.15) is 64.7 Å². The Morgan fingerprint density at radius 3 is 2.91 bits per heavy atom. The van der Waals surface area contributed by atoms with E-state index in [1.165, 1.54) is 18.3 Å². The summed E-state index contributed by atoms with van der Waals surface area (Å²) in [4.78, 5) is 12.2. The predicted molar refractivity (Wildman–Crippen MR) is 86.2 cm³/mol. The van der Waals surface area contributed by atoms with E-state index in [2.05, 4.69) is 19.2 Å². The first-order valence-electron chi connectivity index (χ1n) is 8.11. The highest BCUT2D eigenvalue weighted by atomic mass is 16.4. The molecule has 0 aromatic carbocycles. The smallest absolute Gasteiger partial charge is 0.244 e. The Bertz CT molecular complexity index is 516. The van der Waals surface area contributed by atoms with E-state index in [1.807, 2.05) is 6.92 Å². The second kappa shape index (κ2) is 7.14. The van der Waals surface area contributed by atoms with Gasteiger partial charge in [0.2, 0.25) is 5.91 Å². The largest absolute Gasteiger partial charge is 0.467 e. The van der Waals surface area contributed by atoms with E-state index in [1.54, 1.807) is 18.2 Å². The first-order chi connectivity index (χ1) is 10.4. The second-order valence-electron chi connectivity index (χ2n) is 6.94. The fourth-order valence-corrected chi connectivity index (χ4v) is 3.08. The van der Waals surface area contributed by atoms with Crippen molar-refractivity contribution in [1.29, 1.82) is 0 Å². The van der Waals surface area contributed by atoms with Crippen LogP contribution in [0, 0.1) is 5.41 Å². The number of amides is 1. The molecule has 0 bridgehead atoms. The molecule has 2 N–H and O–H groups in total. The maximum Gasteiger partial charge on any atom is 0.244 e. The van der Waals surface area contributed by atoms with Gasteiger partial charge in [-0.2, -0.15) is 0 Å². The Hall–Kier alpha value is -1.55. The number of allylic oxidation sites excluding steroid dienone is 1. The van der Waals surface area contributed by atoms with Crippen molar-refractivity contribution in [3.05, 3.63) is 35.8 Å². The molecule has 2 atom stereocenters. The van der Waals surface area contributed by atoms with E-state index in [0.29, 0.717) is 12.2 Å². The van der Waals surface area contributed by atoms with Gasteiger partial charge in [-0.1, -0.05) is 25.8 Å². The third-order valence-electron chi connectivity index (χ3n) is 4.51. The average molecular weight is 305 g/mol. The van der Waals surface area contributed by atoms with Crippen molar-refractivity contribution >= 4 is 5.91 Å². The van der Waals surface area contributed by atoms with Gasteiger partial charge in [-0.3, -0.25) is 4.79 Å². The molecule has 1 aliphatic carbocycles. The van der Waals surface area contributed by atoms with Gasteiger partial charge in [0.1, 0.15) is 11.9 Å². The summed E-state index contributed by atoms with van der Waals surface area (Å²) in [5.74, 6) is 0.469. The molecule has 0 aliphatic heterocycles. The van der Waals surface area contributed by atoms with Crippen molar-refractivity contribution in [2.24, 2.45) is 5.41 Å². The first-order valence-corrected chi connectivity index (χ1v) is 8.11. The Morgan fingerprint density at radius 2 is 2.27 bits per heavy atom. The van der Waals surface area contributed by atoms with Gasteiger partial charge < -0.3 is 14.8 Å². The SMILES string of the molecule is CC(CC(O)c1ccco1)NC(=O)/C=C1/CCCCC1(C)C. The van der Waals surface area contributed by atoms with Gasteiger partial charge in [-0.15, -0.1) is 0 Å². The number of carbonyl (C=O) groups excluding carboxylic acids is 1. The maximum absolute atomic E-state index is 12.2. The summed E-state index contributed by atoms with van der Waals surface area (Å²) < 4.78 is 5.18. The molecule has 1 fully saturated rings. The number of aliphatic hydroxyl groups is 1. The van der Waals surface area contributed by atoms with E-state index in [9.17, 15) is 9.90 Å². The number of hydrogen-bond acceptors (Lipinski definition) is 3. The van der Waals surface area contributed by atoms with Gasteiger partial charge in [0.25, 0.3) is 0 Å². The van der Waals surface area contributed by atoms with Crippen LogP contribution in [-0.4, -0.2) is 17.1 Å². The topological polar surface area (TPSA) is 62.5 Å². The fourth-order valence-electron chi connectivity index (χ4n) is 3.08. The molecule has 22 heavy (non-hydrogen) atoms. The van der Waals surface area contributed by atoms with Crippen LogP contribution in [0.25, 0.3) is 0 Å². The zero-order chi connectivity index (χ0) is 16.2. The number of rotatable bonds is 5. The summed E-state index contributed by atoms with van der Waals surface area (Å²) in [5.41, 5.74) is 1.35. The fraction of sp³-hybridized carbons (Fsp3) is 0.611. The molecule has 1 aromatic rings. The van der Waals surface area contributed by atoms with E-state index < -0.39 is 6.10 Å². The molecule has 122 valence electrons. The molecule has 1 aromatic heterocycles. The molecule has 1 saturated carbocycles. The predicted octanol–water partition coefficient (Wildman–Crippen LogP) is 3.73. The lowest BCUT2D eigenvalue weighted by Crippen LogP contribution is -2.33. The third-order valence-corrected chi connectivity index (χ3v) is 4.51. The zero-order valence-electron chi connectivity index (χ0n) is 13.8. The molecule has 4 nitrogen and oxygen atoms in total. The standard InChI is InChI=1S/C18H27NO3/c1-13(11-15(20)16-8-6-10-22-16)19-17(21)12-14-7-4-5-9-18(14,2)3/h6,8,10,12-13,15,20H,4-5,7,9,11H2,1-3H3,(H,19,21)/b14-12-. The quantitative estimate of drug-likeness (QED) is 0.815. The maximum atomic E-state index is 12.2. The lowest BCUT2D eigenvalue weighted by atomic mass is 9.73. The van der Waals surface area contributed by atoms with Crippen molar-refractivity contribution in [3.63, 3.8) is 0 Å². The van der Waals surface area contributed by atoms with E-state index in [-0.39, 0.29) is 17.4 Å². The van der Waals surface area contributed by atoms with E-state index in [4.69, 9.17) is 4.42 Å². The van der Waals surface area contributed by atoms with Crippen LogP contribution in [0.5, 0.6) is 0 Å². The van der Waals surface area contributed by atoms with Gasteiger partial charge in [0, 0.05) is 18.5 Å². The molecule has 2 rings (SSSR count). The van der Waals surface area contributed by atoms with Gasteiger partial charge in [0.15, 0.2) is 0 Å². The lowest BCUT2D eigenvalue weighted by molar-refractivity contribution is -0.117. The van der Waals surface area contributed by atoms with Crippen LogP contribution in [0.3, 0.4) is 0 Å². The molecule has 1 heterocycles. The Morgan fingerprint density at radius 1 is 1.50 bits per heavy atom. The van der Waals surface area contributed by atoms with Gasteiger partial charge in [-0.25, -0.2) is 0 Å². The van der Waals surface area contributed by atoms with Crippen LogP contribution >= 0.6 is 0 Å². The molecule has 1 aliphatic rings. The second-order valence-corrected chi connectivity index (χ2v) is 6.94. The van der Waals surface area contributed by atoms with Crippen molar-refractivity contribution in [2.45, 2.75) is 65.0 Å². The molecule has 1 amide bonds. The van der Waals surface area contributed by atoms with Crippen molar-refractivity contribution < 1.29 is 14.3 Å². The molecule has 4 heteroatoms. The summed E-state index contributed by atoms with van der Waals surface area (Å²) in [7, 11) is 0. The lowest BCUT2D eigenvalue weighted by Gasteiger charge is -2.32. The third kappa shape index (κ3) is 4.47. The number of furan rings is 1. The van der Waals surface area contributed by atoms with E-state index in [0.717, 1.165) is 19.3 Å². The minimum atomic E-state index is -0.691. The minimum Gasteiger partial charge on any atom is -0.467 e. The Kier molecular flexibility index (Phi) is 5.46. The van der Waals surface area contributed by atoms with Gasteiger partial charge in [-0.05, 0) is 43.7 Å². The van der Waals surface area contributed by atoms with Crippen molar-refractivity contribution in [2.75, 3.05) is 0 Å². The molecule has 0 radical (unpaired) electrons. The van der Waals surface area contributed by atoms with Crippen LogP contribution < -0.4 is 5.32 Å². The summed E-state index contributed by atoms with van der Waals surface area (Å²) in [5, 5.41) is 13.0. The average Bonchev–Trinajstić information content (AvgIpc) is 2.95. The van der Waals surface area contributed by atoms with Crippen LogP contribution in [-0.2, 0) is 4.79 Å². The Labute approximate surface area is 132 Å². The van der Waals surface area contributed by atoms with Crippen molar-refractivity contribution in [1.82, 2.24) is 5.32 Å². The number of carbonyl (C=O) groups is 1. The number of hydrogen-bond donors (Lipinski definition) is 2. The van der Waals surface area contributed by atoms with Crippen LogP contribution in [0.4, 0.5) is 0 Å². The summed E-state index contributed by atoms with van der Waals surface area (Å²) in [6.45, 7) is 6.30. The summed E-state index contributed by atoms with van der Waals surface area (Å²) >= 11 is 0. The summed E-state index contributed by atoms with van der Waals surface area (Å²) in [6, 6.07) is 3.37. The highest BCUT2D eigenvalue weighted by Gasteiger charge is 2.27. The van der Waals surface area contributed by atoms with Gasteiger partial charge >= 0.3 is 0 Å². The Balaban J connectivity index is 1.88. The first kappa shape index (κ1) is 16.8. The van der Waals surface area contributed by atoms with Gasteiger partial charge in [0.05, 0.1) is 6.26 Å². The normalized spacial score (nSPS) is 22.3. The van der Waals surface area contributed by atoms with Crippen LogP contribution in [0.15, 0.2) is 34.5 Å². The van der Waals surface area contributed by atoms with Crippen molar-refractivity contribution in [3.8, 4) is 0 Å². The number of aliphatic hydroxyl groups excluding tert-OH is 1. The monoisotopic (exact) mass is 305 g/mol. The highest BCUT2D eigenvalue weighted by Crippen LogP contribution is 2.39. The number of nitrogens with one attached hydrogen (secondary N) is 1. The molecule has 2 unspecified atom stereocenters. The molecular formula is C18H27NO3. The minimum absolute atomic E-state index is 0.0656.